The van der Waals surface area contributed by atoms with Gasteiger partial charge in [0.2, 0.25) is 5.91 Å². The highest BCUT2D eigenvalue weighted by Gasteiger charge is 2.28. The Bertz CT molecular complexity index is 1290. The third-order valence-corrected chi connectivity index (χ3v) is 6.50. The van der Waals surface area contributed by atoms with Crippen LogP contribution < -0.4 is 15.0 Å². The van der Waals surface area contributed by atoms with Gasteiger partial charge in [-0.05, 0) is 55.3 Å². The Morgan fingerprint density at radius 2 is 2.12 bits per heavy atom. The van der Waals surface area contributed by atoms with E-state index in [4.69, 9.17) is 9.72 Å². The minimum Gasteiger partial charge on any atom is -0.496 e. The normalized spacial score (nSPS) is 16.4. The number of hydrogen-bond donors (Lipinski definition) is 1. The van der Waals surface area contributed by atoms with E-state index in [1.165, 1.54) is 0 Å². The molecule has 1 fully saturated rings. The van der Waals surface area contributed by atoms with E-state index in [1.807, 2.05) is 42.6 Å². The van der Waals surface area contributed by atoms with Crippen molar-refractivity contribution in [3.8, 4) is 5.75 Å². The van der Waals surface area contributed by atoms with Crippen LogP contribution >= 0.6 is 15.9 Å². The fourth-order valence-corrected chi connectivity index (χ4v) is 4.83. The summed E-state index contributed by atoms with van der Waals surface area (Å²) in [4.78, 5) is 24.6. The van der Waals surface area contributed by atoms with Gasteiger partial charge >= 0.3 is 0 Å². The van der Waals surface area contributed by atoms with Gasteiger partial charge in [-0.3, -0.25) is 4.79 Å². The van der Waals surface area contributed by atoms with E-state index in [9.17, 15) is 4.79 Å². The third-order valence-electron chi connectivity index (χ3n) is 6.00. The molecule has 0 saturated carbocycles. The lowest BCUT2D eigenvalue weighted by Gasteiger charge is -2.33. The van der Waals surface area contributed by atoms with Crippen molar-refractivity contribution in [1.29, 1.82) is 0 Å². The van der Waals surface area contributed by atoms with Crippen molar-refractivity contribution in [2.45, 2.75) is 19.4 Å². The lowest BCUT2D eigenvalue weighted by atomic mass is 9.97. The molecule has 3 aromatic heterocycles. The van der Waals surface area contributed by atoms with E-state index in [1.54, 1.807) is 13.3 Å². The highest BCUT2D eigenvalue weighted by Crippen LogP contribution is 2.29. The molecule has 0 radical (unpaired) electrons. The van der Waals surface area contributed by atoms with Gasteiger partial charge in [-0.2, -0.15) is 0 Å². The van der Waals surface area contributed by atoms with Gasteiger partial charge in [-0.15, -0.1) is 0 Å². The summed E-state index contributed by atoms with van der Waals surface area (Å²) in [6.45, 7) is 1.93. The van der Waals surface area contributed by atoms with Crippen molar-refractivity contribution < 1.29 is 9.53 Å². The van der Waals surface area contributed by atoms with Gasteiger partial charge in [0.1, 0.15) is 5.75 Å². The average molecular weight is 494 g/mol. The minimum atomic E-state index is -0.0989. The molecule has 1 N–H and O–H groups in total. The maximum Gasteiger partial charge on any atom is 0.225 e. The summed E-state index contributed by atoms with van der Waals surface area (Å²) < 4.78 is 8.50. The number of nitrogens with one attached hydrogen (secondary N) is 1. The molecular weight excluding hydrogens is 470 g/mol. The highest BCUT2D eigenvalue weighted by atomic mass is 79.9. The standard InChI is InChI=1S/C24H24BrN5O2/c1-32-21-9-8-18(25)13-17(21)14-27-24(31)16-5-3-11-29(15-16)23-20-7-4-12-30(20)19-6-2-10-26-22(19)28-23/h2,4,6-10,12-13,16H,3,5,11,14-15H2,1H3,(H,27,31). The molecule has 1 aliphatic heterocycles. The number of methoxy groups -OCH3 is 1. The number of nitrogens with zero attached hydrogens (tertiary/aromatic N) is 4. The van der Waals surface area contributed by atoms with E-state index in [2.05, 4.69) is 41.6 Å². The molecule has 1 amide bonds. The van der Waals surface area contributed by atoms with E-state index >= 15 is 0 Å². The zero-order valence-electron chi connectivity index (χ0n) is 17.8. The van der Waals surface area contributed by atoms with Crippen molar-refractivity contribution in [2.75, 3.05) is 25.1 Å². The molecule has 5 rings (SSSR count). The number of hydrogen-bond acceptors (Lipinski definition) is 5. The topological polar surface area (TPSA) is 71.8 Å². The van der Waals surface area contributed by atoms with Crippen LogP contribution in [0.1, 0.15) is 18.4 Å². The van der Waals surface area contributed by atoms with Crippen molar-refractivity contribution in [2.24, 2.45) is 5.92 Å². The van der Waals surface area contributed by atoms with Crippen molar-refractivity contribution >= 4 is 44.3 Å². The number of halogens is 1. The molecule has 1 unspecified atom stereocenters. The Morgan fingerprint density at radius 3 is 3.00 bits per heavy atom. The second-order valence-corrected chi connectivity index (χ2v) is 8.92. The Hall–Kier alpha value is -3.13. The van der Waals surface area contributed by atoms with Crippen LogP contribution in [-0.4, -0.2) is 40.5 Å². The molecule has 0 aliphatic carbocycles. The van der Waals surface area contributed by atoms with Gasteiger partial charge in [0, 0.05) is 42.1 Å². The summed E-state index contributed by atoms with van der Waals surface area (Å²) in [5.41, 5.74) is 3.66. The van der Waals surface area contributed by atoms with Crippen molar-refractivity contribution in [3.63, 3.8) is 0 Å². The Kier molecular flexibility index (Phi) is 5.70. The third kappa shape index (κ3) is 3.90. The second kappa shape index (κ2) is 8.78. The fourth-order valence-electron chi connectivity index (χ4n) is 4.42. The Balaban J connectivity index is 1.35. The van der Waals surface area contributed by atoms with Gasteiger partial charge in [0.05, 0.1) is 24.1 Å². The van der Waals surface area contributed by atoms with Crippen LogP contribution in [0.25, 0.3) is 16.7 Å². The molecule has 1 aromatic carbocycles. The quantitative estimate of drug-likeness (QED) is 0.451. The smallest absolute Gasteiger partial charge is 0.225 e. The van der Waals surface area contributed by atoms with Gasteiger partial charge < -0.3 is 19.4 Å². The number of rotatable bonds is 5. The van der Waals surface area contributed by atoms with E-state index in [0.717, 1.165) is 52.0 Å². The lowest BCUT2D eigenvalue weighted by Crippen LogP contribution is -2.43. The van der Waals surface area contributed by atoms with Crippen molar-refractivity contribution in [1.82, 2.24) is 19.7 Å². The summed E-state index contributed by atoms with van der Waals surface area (Å²) in [5.74, 6) is 1.61. The van der Waals surface area contributed by atoms with Crippen LogP contribution in [-0.2, 0) is 11.3 Å². The molecular formula is C24H24BrN5O2. The SMILES string of the molecule is COc1ccc(Br)cc1CNC(=O)C1CCCN(c2nc3ncccc3n3cccc23)C1. The van der Waals surface area contributed by atoms with Gasteiger partial charge in [-0.1, -0.05) is 15.9 Å². The van der Waals surface area contributed by atoms with Crippen LogP contribution in [0.5, 0.6) is 5.75 Å². The first-order valence-electron chi connectivity index (χ1n) is 10.7. The molecule has 164 valence electrons. The summed E-state index contributed by atoms with van der Waals surface area (Å²) in [6, 6.07) is 13.8. The summed E-state index contributed by atoms with van der Waals surface area (Å²) in [7, 11) is 1.64. The predicted octanol–water partition coefficient (Wildman–Crippen LogP) is 4.19. The highest BCUT2D eigenvalue weighted by molar-refractivity contribution is 9.10. The first-order chi connectivity index (χ1) is 15.6. The van der Waals surface area contributed by atoms with Crippen molar-refractivity contribution in [3.05, 3.63) is 64.9 Å². The van der Waals surface area contributed by atoms with Gasteiger partial charge in [0.15, 0.2) is 11.5 Å². The first kappa shape index (κ1) is 20.8. The van der Waals surface area contributed by atoms with Gasteiger partial charge in [0.25, 0.3) is 0 Å². The van der Waals surface area contributed by atoms with E-state index in [-0.39, 0.29) is 11.8 Å². The lowest BCUT2D eigenvalue weighted by molar-refractivity contribution is -0.125. The maximum atomic E-state index is 13.0. The Labute approximate surface area is 194 Å². The summed E-state index contributed by atoms with van der Waals surface area (Å²) in [6.07, 6.45) is 5.59. The van der Waals surface area contributed by atoms with Crippen LogP contribution in [0.2, 0.25) is 0 Å². The first-order valence-corrected chi connectivity index (χ1v) is 11.5. The Morgan fingerprint density at radius 1 is 1.25 bits per heavy atom. The number of fused-ring (bicyclic) bond motifs is 3. The van der Waals surface area contributed by atoms with Crippen LogP contribution in [0.3, 0.4) is 0 Å². The number of benzene rings is 1. The molecule has 1 atom stereocenters. The molecule has 1 aliphatic rings. The van der Waals surface area contributed by atoms with Crippen LogP contribution in [0, 0.1) is 5.92 Å². The summed E-state index contributed by atoms with van der Waals surface area (Å²) >= 11 is 3.49. The molecule has 8 heteroatoms. The molecule has 1 saturated heterocycles. The number of piperidine rings is 1. The maximum absolute atomic E-state index is 13.0. The number of amides is 1. The van der Waals surface area contributed by atoms with Crippen LogP contribution in [0.4, 0.5) is 5.82 Å². The fraction of sp³-hybridized carbons (Fsp3) is 0.292. The number of ether oxygens (including phenoxy) is 1. The molecule has 4 aromatic rings. The second-order valence-electron chi connectivity index (χ2n) is 8.00. The minimum absolute atomic E-state index is 0.0574. The predicted molar refractivity (Wildman–Crippen MR) is 128 cm³/mol. The zero-order chi connectivity index (χ0) is 22.1. The largest absolute Gasteiger partial charge is 0.496 e. The van der Waals surface area contributed by atoms with E-state index < -0.39 is 0 Å². The molecule has 0 spiro atoms. The zero-order valence-corrected chi connectivity index (χ0v) is 19.4. The number of aromatic nitrogens is 3. The monoisotopic (exact) mass is 493 g/mol. The molecule has 32 heavy (non-hydrogen) atoms. The number of carbonyl (C=O) groups excluding carboxylic acids is 1. The number of anilines is 1. The van der Waals surface area contributed by atoms with Gasteiger partial charge in [-0.25, -0.2) is 9.97 Å². The summed E-state index contributed by atoms with van der Waals surface area (Å²) in [5, 5.41) is 3.10. The van der Waals surface area contributed by atoms with Crippen LogP contribution in [0.15, 0.2) is 59.3 Å². The molecule has 7 nitrogen and oxygen atoms in total. The van der Waals surface area contributed by atoms with E-state index in [0.29, 0.717) is 18.7 Å². The average Bonchev–Trinajstić information content (AvgIpc) is 3.32. The molecule has 0 bridgehead atoms. The molecule has 4 heterocycles. The number of pyridine rings is 1. The number of carbonyl (C=O) groups is 1.